The third-order valence-electron chi connectivity index (χ3n) is 1.79. The summed E-state index contributed by atoms with van der Waals surface area (Å²) in [5.74, 6) is 0. The van der Waals surface area contributed by atoms with Gasteiger partial charge in [0.15, 0.2) is 0 Å². The second-order valence-corrected chi connectivity index (χ2v) is 3.11. The molecule has 0 amide bonds. The Balaban J connectivity index is 2.84. The second kappa shape index (κ2) is 3.54. The molecule has 0 unspecified atom stereocenters. The van der Waals surface area contributed by atoms with Gasteiger partial charge in [0, 0.05) is 24.3 Å². The van der Waals surface area contributed by atoms with E-state index in [1.807, 2.05) is 10.9 Å². The van der Waals surface area contributed by atoms with Crippen LogP contribution in [-0.4, -0.2) is 16.3 Å². The topological polar surface area (TPSA) is 43.8 Å². The van der Waals surface area contributed by atoms with Gasteiger partial charge in [0.05, 0.1) is 6.20 Å². The van der Waals surface area contributed by atoms with Gasteiger partial charge in [-0.1, -0.05) is 6.58 Å². The number of nitrogens with zero attached hydrogens (tertiary/aromatic N) is 2. The predicted octanol–water partition coefficient (Wildman–Crippen LogP) is 1.44. The molecule has 0 radical (unpaired) electrons. The van der Waals surface area contributed by atoms with E-state index in [4.69, 9.17) is 5.73 Å². The summed E-state index contributed by atoms with van der Waals surface area (Å²) in [6.07, 6.45) is 3.77. The molecule has 0 aliphatic rings. The fourth-order valence-electron chi connectivity index (χ4n) is 0.921. The molecule has 0 aromatic carbocycles. The first-order chi connectivity index (χ1) is 5.65. The number of hydrogen-bond donors (Lipinski definition) is 1. The fourth-order valence-corrected chi connectivity index (χ4v) is 0.921. The number of hydrogen-bond acceptors (Lipinski definition) is 2. The van der Waals surface area contributed by atoms with Crippen molar-refractivity contribution in [1.29, 1.82) is 0 Å². The minimum atomic E-state index is 0.393. The Bertz CT molecular complexity index is 273. The van der Waals surface area contributed by atoms with Crippen molar-refractivity contribution < 1.29 is 0 Å². The van der Waals surface area contributed by atoms with Gasteiger partial charge >= 0.3 is 0 Å². The van der Waals surface area contributed by atoms with Crippen molar-refractivity contribution in [2.75, 3.05) is 6.54 Å². The van der Waals surface area contributed by atoms with Gasteiger partial charge in [0.25, 0.3) is 0 Å². The highest BCUT2D eigenvalue weighted by Gasteiger charge is 2.02. The van der Waals surface area contributed by atoms with Crippen molar-refractivity contribution in [2.24, 2.45) is 5.73 Å². The molecular weight excluding hydrogens is 150 g/mol. The predicted molar refractivity (Wildman–Crippen MR) is 50.7 cm³/mol. The minimum absolute atomic E-state index is 0.393. The minimum Gasteiger partial charge on any atom is -0.326 e. The quantitative estimate of drug-likeness (QED) is 0.736. The fraction of sp³-hybridized carbons (Fsp3) is 0.444. The Kier molecular flexibility index (Phi) is 2.65. The van der Waals surface area contributed by atoms with E-state index in [-0.39, 0.29) is 0 Å². The lowest BCUT2D eigenvalue weighted by molar-refractivity contribution is 0.532. The molecule has 0 aliphatic carbocycles. The van der Waals surface area contributed by atoms with Crippen LogP contribution in [0.4, 0.5) is 0 Å². The average molecular weight is 165 g/mol. The zero-order valence-electron chi connectivity index (χ0n) is 7.62. The Labute approximate surface area is 72.9 Å². The monoisotopic (exact) mass is 165 g/mol. The zero-order valence-corrected chi connectivity index (χ0v) is 7.62. The summed E-state index contributed by atoms with van der Waals surface area (Å²) in [5, 5.41) is 4.19. The molecule has 0 spiro atoms. The van der Waals surface area contributed by atoms with Crippen LogP contribution in [0.2, 0.25) is 0 Å². The normalized spacial score (nSPS) is 10.7. The Morgan fingerprint density at radius 1 is 1.75 bits per heavy atom. The van der Waals surface area contributed by atoms with Crippen LogP contribution in [0.15, 0.2) is 19.0 Å². The molecule has 3 nitrogen and oxygen atoms in total. The SMILES string of the molecule is C=C(CN)c1cnn(C(C)C)c1. The van der Waals surface area contributed by atoms with Crippen LogP contribution < -0.4 is 5.73 Å². The Hall–Kier alpha value is -1.09. The van der Waals surface area contributed by atoms with Crippen molar-refractivity contribution >= 4 is 5.57 Å². The van der Waals surface area contributed by atoms with Crippen LogP contribution in [0, 0.1) is 0 Å². The van der Waals surface area contributed by atoms with Crippen molar-refractivity contribution in [3.05, 3.63) is 24.5 Å². The van der Waals surface area contributed by atoms with Gasteiger partial charge in [-0.3, -0.25) is 4.68 Å². The van der Waals surface area contributed by atoms with Gasteiger partial charge in [0.1, 0.15) is 0 Å². The summed E-state index contributed by atoms with van der Waals surface area (Å²) in [5.41, 5.74) is 7.42. The van der Waals surface area contributed by atoms with E-state index in [9.17, 15) is 0 Å². The molecule has 1 aromatic heterocycles. The van der Waals surface area contributed by atoms with Crippen LogP contribution in [0.5, 0.6) is 0 Å². The molecule has 0 aliphatic heterocycles. The lowest BCUT2D eigenvalue weighted by atomic mass is 10.2. The van der Waals surface area contributed by atoms with Crippen LogP contribution >= 0.6 is 0 Å². The molecule has 0 saturated heterocycles. The van der Waals surface area contributed by atoms with Crippen molar-refractivity contribution in [3.63, 3.8) is 0 Å². The maximum Gasteiger partial charge on any atom is 0.0565 e. The first-order valence-corrected chi connectivity index (χ1v) is 4.07. The van der Waals surface area contributed by atoms with E-state index in [1.54, 1.807) is 6.20 Å². The third-order valence-corrected chi connectivity index (χ3v) is 1.79. The van der Waals surface area contributed by atoms with Gasteiger partial charge in [-0.05, 0) is 19.4 Å². The van der Waals surface area contributed by atoms with Gasteiger partial charge in [-0.2, -0.15) is 5.10 Å². The first-order valence-electron chi connectivity index (χ1n) is 4.07. The summed E-state index contributed by atoms with van der Waals surface area (Å²) in [4.78, 5) is 0. The second-order valence-electron chi connectivity index (χ2n) is 3.11. The van der Waals surface area contributed by atoms with Crippen molar-refractivity contribution in [1.82, 2.24) is 9.78 Å². The molecular formula is C9H15N3. The van der Waals surface area contributed by atoms with Gasteiger partial charge in [0.2, 0.25) is 0 Å². The van der Waals surface area contributed by atoms with Crippen molar-refractivity contribution in [2.45, 2.75) is 19.9 Å². The molecule has 1 heterocycles. The summed E-state index contributed by atoms with van der Waals surface area (Å²) in [6, 6.07) is 0.393. The molecule has 3 heteroatoms. The Morgan fingerprint density at radius 3 is 2.83 bits per heavy atom. The number of rotatable bonds is 3. The van der Waals surface area contributed by atoms with E-state index >= 15 is 0 Å². The lowest BCUT2D eigenvalue weighted by Crippen LogP contribution is -2.01. The van der Waals surface area contributed by atoms with Crippen molar-refractivity contribution in [3.8, 4) is 0 Å². The van der Waals surface area contributed by atoms with E-state index in [2.05, 4.69) is 25.5 Å². The largest absolute Gasteiger partial charge is 0.326 e. The number of nitrogens with two attached hydrogens (primary N) is 1. The standard InChI is InChI=1S/C9H15N3/c1-7(2)12-6-9(5-11-12)8(3)4-10/h5-7H,3-4,10H2,1-2H3. The Morgan fingerprint density at radius 2 is 2.42 bits per heavy atom. The third kappa shape index (κ3) is 1.74. The van der Waals surface area contributed by atoms with E-state index in [0.717, 1.165) is 11.1 Å². The molecule has 1 aromatic rings. The van der Waals surface area contributed by atoms with Gasteiger partial charge in [-0.15, -0.1) is 0 Å². The summed E-state index contributed by atoms with van der Waals surface area (Å²) >= 11 is 0. The molecule has 12 heavy (non-hydrogen) atoms. The zero-order chi connectivity index (χ0) is 9.14. The van der Waals surface area contributed by atoms with Crippen LogP contribution in [0.25, 0.3) is 5.57 Å². The lowest BCUT2D eigenvalue weighted by Gasteiger charge is -2.03. The van der Waals surface area contributed by atoms with E-state index in [1.165, 1.54) is 0 Å². The average Bonchev–Trinajstić information content (AvgIpc) is 2.51. The molecule has 0 atom stereocenters. The summed E-state index contributed by atoms with van der Waals surface area (Å²) in [7, 11) is 0. The van der Waals surface area contributed by atoms with Gasteiger partial charge < -0.3 is 5.73 Å². The molecule has 0 fully saturated rings. The maximum atomic E-state index is 5.45. The highest BCUT2D eigenvalue weighted by molar-refractivity contribution is 5.63. The molecule has 2 N–H and O–H groups in total. The maximum absolute atomic E-state index is 5.45. The number of aromatic nitrogens is 2. The highest BCUT2D eigenvalue weighted by Crippen LogP contribution is 2.11. The van der Waals surface area contributed by atoms with Crippen LogP contribution in [-0.2, 0) is 0 Å². The van der Waals surface area contributed by atoms with Gasteiger partial charge in [-0.25, -0.2) is 0 Å². The molecule has 66 valence electrons. The van der Waals surface area contributed by atoms with Crippen LogP contribution in [0.1, 0.15) is 25.5 Å². The highest BCUT2D eigenvalue weighted by atomic mass is 15.3. The van der Waals surface area contributed by atoms with E-state index in [0.29, 0.717) is 12.6 Å². The molecule has 0 saturated carbocycles. The smallest absolute Gasteiger partial charge is 0.0565 e. The molecule has 0 bridgehead atoms. The van der Waals surface area contributed by atoms with E-state index < -0.39 is 0 Å². The summed E-state index contributed by atoms with van der Waals surface area (Å²) < 4.78 is 1.90. The first kappa shape index (κ1) is 9.00. The van der Waals surface area contributed by atoms with Crippen LogP contribution in [0.3, 0.4) is 0 Å². The molecule has 1 rings (SSSR count). The summed E-state index contributed by atoms with van der Waals surface area (Å²) in [6.45, 7) is 8.50.